The molecule has 0 aliphatic heterocycles. The molecule has 3 nitrogen and oxygen atoms in total. The van der Waals surface area contributed by atoms with Gasteiger partial charge in [0.25, 0.3) is 5.91 Å². The molecule has 5 heteroatoms. The van der Waals surface area contributed by atoms with Crippen LogP contribution in [-0.2, 0) is 11.4 Å². The second-order valence-corrected chi connectivity index (χ2v) is 5.40. The van der Waals surface area contributed by atoms with E-state index >= 15 is 0 Å². The first-order valence-electron chi connectivity index (χ1n) is 5.58. The summed E-state index contributed by atoms with van der Waals surface area (Å²) in [7, 11) is 0. The minimum absolute atomic E-state index is 0.311. The van der Waals surface area contributed by atoms with Crippen LogP contribution in [0.15, 0.2) is 48.5 Å². The quantitative estimate of drug-likeness (QED) is 0.640. The van der Waals surface area contributed by atoms with Crippen molar-refractivity contribution in [3.8, 4) is 0 Å². The molecule has 2 aromatic rings. The number of carbonyl (C=O) groups is 1. The van der Waals surface area contributed by atoms with Crippen LogP contribution in [0.1, 0.15) is 15.9 Å². The minimum Gasteiger partial charge on any atom is -0.269 e. The van der Waals surface area contributed by atoms with Crippen molar-refractivity contribution in [1.82, 2.24) is 5.48 Å². The third kappa shape index (κ3) is 4.19. The Morgan fingerprint density at radius 2 is 1.95 bits per heavy atom. The van der Waals surface area contributed by atoms with E-state index in [0.717, 1.165) is 9.13 Å². The van der Waals surface area contributed by atoms with Crippen molar-refractivity contribution < 1.29 is 9.63 Å². The molecule has 19 heavy (non-hydrogen) atoms. The molecule has 0 atom stereocenters. The monoisotopic (exact) mass is 387 g/mol. The summed E-state index contributed by atoms with van der Waals surface area (Å²) in [5, 5.41) is 0.552. The number of rotatable bonds is 4. The summed E-state index contributed by atoms with van der Waals surface area (Å²) in [4.78, 5) is 17.0. The summed E-state index contributed by atoms with van der Waals surface area (Å²) >= 11 is 8.07. The van der Waals surface area contributed by atoms with Crippen molar-refractivity contribution in [2.75, 3.05) is 0 Å². The summed E-state index contributed by atoms with van der Waals surface area (Å²) in [5.74, 6) is -0.311. The molecule has 0 aliphatic carbocycles. The maximum absolute atomic E-state index is 11.8. The molecule has 0 bridgehead atoms. The highest BCUT2D eigenvalue weighted by atomic mass is 127. The van der Waals surface area contributed by atoms with E-state index < -0.39 is 0 Å². The van der Waals surface area contributed by atoms with Crippen molar-refractivity contribution in [1.29, 1.82) is 0 Å². The largest absolute Gasteiger partial charge is 0.274 e. The number of hydroxylamine groups is 1. The molecule has 1 amide bonds. The van der Waals surface area contributed by atoms with Crippen molar-refractivity contribution >= 4 is 40.1 Å². The Hall–Kier alpha value is -1.11. The van der Waals surface area contributed by atoms with Gasteiger partial charge in [-0.2, -0.15) is 0 Å². The third-order valence-electron chi connectivity index (χ3n) is 2.43. The first-order valence-corrected chi connectivity index (χ1v) is 7.03. The van der Waals surface area contributed by atoms with Crippen LogP contribution < -0.4 is 5.48 Å². The third-order valence-corrected chi connectivity index (χ3v) is 4.00. The van der Waals surface area contributed by atoms with Crippen LogP contribution in [0.4, 0.5) is 0 Å². The van der Waals surface area contributed by atoms with E-state index in [9.17, 15) is 4.79 Å². The van der Waals surface area contributed by atoms with Crippen LogP contribution in [0.25, 0.3) is 0 Å². The molecule has 1 N–H and O–H groups in total. The molecule has 0 fully saturated rings. The predicted molar refractivity (Wildman–Crippen MR) is 82.9 cm³/mol. The summed E-state index contributed by atoms with van der Waals surface area (Å²) in [6, 6.07) is 14.7. The molecule has 0 aromatic heterocycles. The van der Waals surface area contributed by atoms with Crippen LogP contribution in [0.3, 0.4) is 0 Å². The molecular weight excluding hydrogens is 377 g/mol. The van der Waals surface area contributed by atoms with Crippen molar-refractivity contribution in [2.24, 2.45) is 0 Å². The topological polar surface area (TPSA) is 38.3 Å². The molecular formula is C14H11ClINO2. The van der Waals surface area contributed by atoms with Gasteiger partial charge in [0.1, 0.15) is 0 Å². The van der Waals surface area contributed by atoms with Gasteiger partial charge < -0.3 is 0 Å². The fourth-order valence-corrected chi connectivity index (χ4v) is 1.97. The zero-order chi connectivity index (χ0) is 13.7. The second-order valence-electron chi connectivity index (χ2n) is 3.83. The van der Waals surface area contributed by atoms with Gasteiger partial charge in [0.15, 0.2) is 0 Å². The molecule has 0 aliphatic rings. The number of carbonyl (C=O) groups excluding carboxylic acids is 1. The second kappa shape index (κ2) is 6.88. The van der Waals surface area contributed by atoms with Crippen LogP contribution in [0.5, 0.6) is 0 Å². The number of amides is 1. The maximum Gasteiger partial charge on any atom is 0.274 e. The van der Waals surface area contributed by atoms with Crippen molar-refractivity contribution in [3.63, 3.8) is 0 Å². The number of nitrogens with one attached hydrogen (secondary N) is 1. The average Bonchev–Trinajstić information content (AvgIpc) is 2.43. The van der Waals surface area contributed by atoms with Gasteiger partial charge in [-0.1, -0.05) is 41.9 Å². The zero-order valence-electron chi connectivity index (χ0n) is 9.90. The smallest absolute Gasteiger partial charge is 0.269 e. The lowest BCUT2D eigenvalue weighted by Gasteiger charge is -2.06. The number of hydrogen-bond acceptors (Lipinski definition) is 2. The van der Waals surface area contributed by atoms with Gasteiger partial charge in [-0.15, -0.1) is 0 Å². The fourth-order valence-electron chi connectivity index (χ4n) is 1.46. The normalized spacial score (nSPS) is 10.2. The Labute approximate surface area is 130 Å². The predicted octanol–water partition coefficient (Wildman–Crippen LogP) is 3.81. The van der Waals surface area contributed by atoms with Crippen molar-refractivity contribution in [3.05, 3.63) is 68.3 Å². The summed E-state index contributed by atoms with van der Waals surface area (Å²) in [6.45, 7) is 0.324. The summed E-state index contributed by atoms with van der Waals surface area (Å²) < 4.78 is 0.904. The SMILES string of the molecule is O=C(NOCc1ccccc1)c1ccc(I)c(Cl)c1. The molecule has 2 rings (SSSR count). The first-order chi connectivity index (χ1) is 9.16. The van der Waals surface area contributed by atoms with Crippen molar-refractivity contribution in [2.45, 2.75) is 6.61 Å². The fraction of sp³-hybridized carbons (Fsp3) is 0.0714. The van der Waals surface area contributed by atoms with Crippen LogP contribution in [0.2, 0.25) is 5.02 Å². The molecule has 0 saturated carbocycles. The summed E-state index contributed by atoms with van der Waals surface area (Å²) in [6.07, 6.45) is 0. The molecule has 0 saturated heterocycles. The maximum atomic E-state index is 11.8. The van der Waals surface area contributed by atoms with Gasteiger partial charge in [0.2, 0.25) is 0 Å². The highest BCUT2D eigenvalue weighted by Gasteiger charge is 2.07. The van der Waals surface area contributed by atoms with Gasteiger partial charge in [0.05, 0.1) is 11.6 Å². The number of hydrogen-bond donors (Lipinski definition) is 1. The van der Waals surface area contributed by atoms with E-state index in [4.69, 9.17) is 16.4 Å². The van der Waals surface area contributed by atoms with E-state index in [-0.39, 0.29) is 5.91 Å². The Kier molecular flexibility index (Phi) is 5.18. The number of benzene rings is 2. The molecule has 98 valence electrons. The van der Waals surface area contributed by atoms with E-state index in [1.807, 2.05) is 30.3 Å². The van der Waals surface area contributed by atoms with Crippen LogP contribution >= 0.6 is 34.2 Å². The molecule has 0 unspecified atom stereocenters. The van der Waals surface area contributed by atoms with Crippen LogP contribution in [0, 0.1) is 3.57 Å². The van der Waals surface area contributed by atoms with Gasteiger partial charge in [-0.3, -0.25) is 9.63 Å². The Balaban J connectivity index is 1.89. The molecule has 0 heterocycles. The van der Waals surface area contributed by atoms with E-state index in [0.29, 0.717) is 17.2 Å². The van der Waals surface area contributed by atoms with E-state index in [2.05, 4.69) is 28.1 Å². The summed E-state index contributed by atoms with van der Waals surface area (Å²) in [5.41, 5.74) is 3.85. The Morgan fingerprint density at radius 1 is 1.21 bits per heavy atom. The first kappa shape index (κ1) is 14.3. The molecule has 0 radical (unpaired) electrons. The Bertz CT molecular complexity index is 575. The molecule has 0 spiro atoms. The van der Waals surface area contributed by atoms with Gasteiger partial charge in [-0.25, -0.2) is 5.48 Å². The lowest BCUT2D eigenvalue weighted by atomic mass is 10.2. The molecule has 2 aromatic carbocycles. The van der Waals surface area contributed by atoms with Gasteiger partial charge in [-0.05, 0) is 46.4 Å². The van der Waals surface area contributed by atoms with E-state index in [1.54, 1.807) is 18.2 Å². The standard InChI is InChI=1S/C14H11ClINO2/c15-12-8-11(6-7-13(12)16)14(18)17-19-9-10-4-2-1-3-5-10/h1-8H,9H2,(H,17,18). The average molecular weight is 388 g/mol. The van der Waals surface area contributed by atoms with E-state index in [1.165, 1.54) is 0 Å². The zero-order valence-corrected chi connectivity index (χ0v) is 12.8. The lowest BCUT2D eigenvalue weighted by molar-refractivity contribution is 0.0233. The highest BCUT2D eigenvalue weighted by Crippen LogP contribution is 2.19. The van der Waals surface area contributed by atoms with Gasteiger partial charge in [0, 0.05) is 9.13 Å². The lowest BCUT2D eigenvalue weighted by Crippen LogP contribution is -2.23. The highest BCUT2D eigenvalue weighted by molar-refractivity contribution is 14.1. The Morgan fingerprint density at radius 3 is 2.63 bits per heavy atom. The van der Waals surface area contributed by atoms with Crippen LogP contribution in [-0.4, -0.2) is 5.91 Å². The number of halogens is 2. The van der Waals surface area contributed by atoms with Gasteiger partial charge >= 0.3 is 0 Å². The minimum atomic E-state index is -0.311.